The topological polar surface area (TPSA) is 0 Å². The van der Waals surface area contributed by atoms with Gasteiger partial charge in [0.05, 0.1) is 0 Å². The number of benzene rings is 1. The van der Waals surface area contributed by atoms with Crippen LogP contribution in [0.1, 0.15) is 50.7 Å². The summed E-state index contributed by atoms with van der Waals surface area (Å²) in [7, 11) is 0. The van der Waals surface area contributed by atoms with Crippen molar-refractivity contribution in [2.45, 2.75) is 39.5 Å². The molecule has 1 aromatic rings. The van der Waals surface area contributed by atoms with Gasteiger partial charge < -0.3 is 0 Å². The standard InChI is InChI=1S/C12H16FI/c1-7(2)9-6-12(14)10(8(3)4)5-11(9)13/h5-8H,1-4H3. The van der Waals surface area contributed by atoms with Crippen LogP contribution in [0.25, 0.3) is 0 Å². The first kappa shape index (κ1) is 12.0. The van der Waals surface area contributed by atoms with Crippen LogP contribution in [0.3, 0.4) is 0 Å². The Labute approximate surface area is 99.0 Å². The summed E-state index contributed by atoms with van der Waals surface area (Å²) >= 11 is 2.28. The number of rotatable bonds is 2. The minimum atomic E-state index is -0.0656. The molecule has 0 atom stereocenters. The molecule has 0 unspecified atom stereocenters. The predicted molar refractivity (Wildman–Crippen MR) is 67.3 cm³/mol. The van der Waals surface area contributed by atoms with Gasteiger partial charge in [-0.05, 0) is 57.7 Å². The van der Waals surface area contributed by atoms with Crippen LogP contribution in [0.15, 0.2) is 12.1 Å². The van der Waals surface area contributed by atoms with Crippen molar-refractivity contribution in [3.63, 3.8) is 0 Å². The van der Waals surface area contributed by atoms with Gasteiger partial charge in [0.25, 0.3) is 0 Å². The smallest absolute Gasteiger partial charge is 0.127 e. The lowest BCUT2D eigenvalue weighted by molar-refractivity contribution is 0.593. The van der Waals surface area contributed by atoms with Gasteiger partial charge in [0.2, 0.25) is 0 Å². The van der Waals surface area contributed by atoms with Crippen molar-refractivity contribution in [1.82, 2.24) is 0 Å². The van der Waals surface area contributed by atoms with Crippen molar-refractivity contribution in [3.05, 3.63) is 32.6 Å². The Morgan fingerprint density at radius 1 is 1.00 bits per heavy atom. The molecular weight excluding hydrogens is 290 g/mol. The van der Waals surface area contributed by atoms with E-state index in [-0.39, 0.29) is 11.7 Å². The molecule has 0 amide bonds. The summed E-state index contributed by atoms with van der Waals surface area (Å²) < 4.78 is 14.8. The molecular formula is C12H16FI. The number of halogens is 2. The fourth-order valence-corrected chi connectivity index (χ4v) is 2.58. The lowest BCUT2D eigenvalue weighted by Gasteiger charge is -2.13. The van der Waals surface area contributed by atoms with E-state index in [1.54, 1.807) is 6.07 Å². The van der Waals surface area contributed by atoms with Gasteiger partial charge in [-0.15, -0.1) is 0 Å². The molecule has 14 heavy (non-hydrogen) atoms. The largest absolute Gasteiger partial charge is 0.207 e. The average molecular weight is 306 g/mol. The Balaban J connectivity index is 3.24. The summed E-state index contributed by atoms with van der Waals surface area (Å²) in [6, 6.07) is 3.65. The van der Waals surface area contributed by atoms with Crippen LogP contribution >= 0.6 is 22.6 Å². The van der Waals surface area contributed by atoms with Gasteiger partial charge in [-0.25, -0.2) is 4.39 Å². The van der Waals surface area contributed by atoms with E-state index in [9.17, 15) is 4.39 Å². The van der Waals surface area contributed by atoms with Gasteiger partial charge in [0.15, 0.2) is 0 Å². The zero-order valence-corrected chi connectivity index (χ0v) is 11.2. The molecule has 0 saturated carbocycles. The van der Waals surface area contributed by atoms with Crippen LogP contribution in [0.5, 0.6) is 0 Å². The molecule has 0 saturated heterocycles. The second-order valence-electron chi connectivity index (χ2n) is 4.20. The fraction of sp³-hybridized carbons (Fsp3) is 0.500. The van der Waals surface area contributed by atoms with E-state index < -0.39 is 0 Å². The summed E-state index contributed by atoms with van der Waals surface area (Å²) in [6.07, 6.45) is 0. The van der Waals surface area contributed by atoms with E-state index in [2.05, 4.69) is 36.4 Å². The van der Waals surface area contributed by atoms with Crippen molar-refractivity contribution in [2.24, 2.45) is 0 Å². The fourth-order valence-electron chi connectivity index (χ4n) is 1.46. The highest BCUT2D eigenvalue weighted by atomic mass is 127. The van der Waals surface area contributed by atoms with Crippen molar-refractivity contribution < 1.29 is 4.39 Å². The maximum absolute atomic E-state index is 13.6. The monoisotopic (exact) mass is 306 g/mol. The second kappa shape index (κ2) is 4.60. The quantitative estimate of drug-likeness (QED) is 0.696. The van der Waals surface area contributed by atoms with Crippen molar-refractivity contribution in [2.75, 3.05) is 0 Å². The third-order valence-corrected chi connectivity index (χ3v) is 3.29. The van der Waals surface area contributed by atoms with E-state index in [0.29, 0.717) is 5.92 Å². The average Bonchev–Trinajstić information content (AvgIpc) is 2.07. The van der Waals surface area contributed by atoms with Crippen molar-refractivity contribution in [1.29, 1.82) is 0 Å². The Bertz CT molecular complexity index is 296. The molecule has 0 nitrogen and oxygen atoms in total. The number of hydrogen-bond donors (Lipinski definition) is 0. The lowest BCUT2D eigenvalue weighted by Crippen LogP contribution is -1.99. The first-order valence-electron chi connectivity index (χ1n) is 4.92. The van der Waals surface area contributed by atoms with Gasteiger partial charge in [0, 0.05) is 3.57 Å². The maximum atomic E-state index is 13.6. The SMILES string of the molecule is CC(C)c1cc(I)c(C(C)C)cc1F. The molecule has 0 aliphatic heterocycles. The first-order valence-corrected chi connectivity index (χ1v) is 6.00. The van der Waals surface area contributed by atoms with E-state index in [1.165, 1.54) is 3.57 Å². The van der Waals surface area contributed by atoms with Crippen LogP contribution in [-0.2, 0) is 0 Å². The second-order valence-corrected chi connectivity index (χ2v) is 5.37. The van der Waals surface area contributed by atoms with Crippen LogP contribution in [0.4, 0.5) is 4.39 Å². The van der Waals surface area contributed by atoms with Crippen LogP contribution in [0, 0.1) is 9.39 Å². The highest BCUT2D eigenvalue weighted by molar-refractivity contribution is 14.1. The summed E-state index contributed by atoms with van der Waals surface area (Å²) in [5.41, 5.74) is 1.92. The van der Waals surface area contributed by atoms with Gasteiger partial charge in [-0.1, -0.05) is 27.7 Å². The van der Waals surface area contributed by atoms with Gasteiger partial charge >= 0.3 is 0 Å². The lowest BCUT2D eigenvalue weighted by atomic mass is 9.97. The predicted octanol–water partition coefficient (Wildman–Crippen LogP) is 4.68. The molecule has 0 heterocycles. The van der Waals surface area contributed by atoms with Crippen LogP contribution < -0.4 is 0 Å². The minimum absolute atomic E-state index is 0.0656. The zero-order valence-electron chi connectivity index (χ0n) is 9.07. The molecule has 0 fully saturated rings. The van der Waals surface area contributed by atoms with Gasteiger partial charge in [0.1, 0.15) is 5.82 Å². The highest BCUT2D eigenvalue weighted by Gasteiger charge is 2.12. The van der Waals surface area contributed by atoms with E-state index in [4.69, 9.17) is 0 Å². The molecule has 0 radical (unpaired) electrons. The van der Waals surface area contributed by atoms with Gasteiger partial charge in [-0.3, -0.25) is 0 Å². The molecule has 0 aliphatic rings. The summed E-state index contributed by atoms with van der Waals surface area (Å²) in [5, 5.41) is 0. The number of hydrogen-bond acceptors (Lipinski definition) is 0. The molecule has 2 heteroatoms. The Kier molecular flexibility index (Phi) is 3.93. The Hall–Kier alpha value is -0.120. The van der Waals surface area contributed by atoms with E-state index >= 15 is 0 Å². The molecule has 0 aromatic heterocycles. The highest BCUT2D eigenvalue weighted by Crippen LogP contribution is 2.27. The molecule has 0 N–H and O–H groups in total. The van der Waals surface area contributed by atoms with Gasteiger partial charge in [-0.2, -0.15) is 0 Å². The van der Waals surface area contributed by atoms with Crippen LogP contribution in [-0.4, -0.2) is 0 Å². The molecule has 1 rings (SSSR count). The minimum Gasteiger partial charge on any atom is -0.207 e. The third kappa shape index (κ3) is 2.47. The molecule has 0 bridgehead atoms. The summed E-state index contributed by atoms with van der Waals surface area (Å²) in [6.45, 7) is 8.21. The molecule has 0 aliphatic carbocycles. The molecule has 1 aromatic carbocycles. The first-order chi connectivity index (χ1) is 6.43. The zero-order chi connectivity index (χ0) is 10.9. The maximum Gasteiger partial charge on any atom is 0.127 e. The molecule has 78 valence electrons. The third-order valence-electron chi connectivity index (χ3n) is 2.36. The van der Waals surface area contributed by atoms with Crippen molar-refractivity contribution >= 4 is 22.6 Å². The Morgan fingerprint density at radius 3 is 1.93 bits per heavy atom. The summed E-state index contributed by atoms with van der Waals surface area (Å²) in [4.78, 5) is 0. The normalized spacial score (nSPS) is 11.4. The van der Waals surface area contributed by atoms with E-state index in [0.717, 1.165) is 11.1 Å². The van der Waals surface area contributed by atoms with E-state index in [1.807, 2.05) is 19.9 Å². The van der Waals surface area contributed by atoms with Crippen LogP contribution in [0.2, 0.25) is 0 Å². The molecule has 0 spiro atoms. The Morgan fingerprint density at radius 2 is 1.50 bits per heavy atom. The van der Waals surface area contributed by atoms with Crippen molar-refractivity contribution in [3.8, 4) is 0 Å². The summed E-state index contributed by atoms with van der Waals surface area (Å²) in [5.74, 6) is 0.575.